The normalized spacial score (nSPS) is 11.2. The Labute approximate surface area is 112 Å². The molecule has 0 bridgehead atoms. The summed E-state index contributed by atoms with van der Waals surface area (Å²) in [5.74, 6) is -0.978. The monoisotopic (exact) mass is 282 g/mol. The highest BCUT2D eigenvalue weighted by Crippen LogP contribution is 2.24. The minimum absolute atomic E-state index is 0.0462. The summed E-state index contributed by atoms with van der Waals surface area (Å²) < 4.78 is 40.1. The number of ether oxygens (including phenoxy) is 1. The molecule has 0 radical (unpaired) electrons. The Morgan fingerprint density at radius 1 is 1.20 bits per heavy atom. The van der Waals surface area contributed by atoms with Crippen molar-refractivity contribution in [2.75, 3.05) is 0 Å². The van der Waals surface area contributed by atoms with Crippen molar-refractivity contribution in [1.82, 2.24) is 9.97 Å². The Balaban J connectivity index is 2.26. The van der Waals surface area contributed by atoms with Gasteiger partial charge >= 0.3 is 6.36 Å². The van der Waals surface area contributed by atoms with Gasteiger partial charge in [0.05, 0.1) is 11.9 Å². The highest BCUT2D eigenvalue weighted by atomic mass is 19.4. The molecule has 0 N–H and O–H groups in total. The van der Waals surface area contributed by atoms with Gasteiger partial charge < -0.3 is 4.74 Å². The van der Waals surface area contributed by atoms with Gasteiger partial charge in [0, 0.05) is 11.8 Å². The van der Waals surface area contributed by atoms with Gasteiger partial charge in [0.2, 0.25) is 5.78 Å². The average Bonchev–Trinajstić information content (AvgIpc) is 2.37. The van der Waals surface area contributed by atoms with E-state index in [9.17, 15) is 18.0 Å². The third kappa shape index (κ3) is 3.53. The first kappa shape index (κ1) is 14.0. The number of halogens is 3. The van der Waals surface area contributed by atoms with E-state index in [1.807, 2.05) is 0 Å². The lowest BCUT2D eigenvalue weighted by atomic mass is 10.1. The molecule has 20 heavy (non-hydrogen) atoms. The number of rotatable bonds is 3. The predicted molar refractivity (Wildman–Crippen MR) is 63.3 cm³/mol. The maximum atomic E-state index is 12.1. The first-order valence-electron chi connectivity index (χ1n) is 5.54. The van der Waals surface area contributed by atoms with Crippen LogP contribution >= 0.6 is 0 Å². The van der Waals surface area contributed by atoms with Crippen molar-refractivity contribution in [3.63, 3.8) is 0 Å². The van der Waals surface area contributed by atoms with E-state index in [1.54, 1.807) is 6.92 Å². The van der Waals surface area contributed by atoms with Crippen LogP contribution in [0.15, 0.2) is 36.7 Å². The summed E-state index contributed by atoms with van der Waals surface area (Å²) in [6.45, 7) is 1.71. The first-order valence-corrected chi connectivity index (χ1v) is 5.54. The van der Waals surface area contributed by atoms with Crippen LogP contribution in [0.4, 0.5) is 13.2 Å². The predicted octanol–water partition coefficient (Wildman–Crippen LogP) is 2.91. The Hall–Kier alpha value is -2.44. The van der Waals surface area contributed by atoms with Gasteiger partial charge in [-0.3, -0.25) is 9.78 Å². The molecule has 1 heterocycles. The number of nitrogens with zero attached hydrogens (tertiary/aromatic N) is 2. The van der Waals surface area contributed by atoms with E-state index in [0.29, 0.717) is 5.69 Å². The molecular formula is C13H9F3N2O2. The van der Waals surface area contributed by atoms with E-state index in [4.69, 9.17) is 0 Å². The second-order valence-electron chi connectivity index (χ2n) is 3.95. The van der Waals surface area contributed by atoms with Gasteiger partial charge in [0.15, 0.2) is 0 Å². The van der Waals surface area contributed by atoms with Crippen molar-refractivity contribution in [2.24, 2.45) is 0 Å². The molecule has 0 aliphatic rings. The number of ketones is 1. The lowest BCUT2D eigenvalue weighted by Crippen LogP contribution is -2.17. The molecule has 0 aliphatic carbocycles. The summed E-state index contributed by atoms with van der Waals surface area (Å²) >= 11 is 0. The zero-order chi connectivity index (χ0) is 14.8. The molecule has 7 heteroatoms. The fourth-order valence-corrected chi connectivity index (χ4v) is 1.49. The zero-order valence-corrected chi connectivity index (χ0v) is 10.3. The molecule has 0 saturated heterocycles. The summed E-state index contributed by atoms with van der Waals surface area (Å²) in [5, 5.41) is 0. The van der Waals surface area contributed by atoms with Gasteiger partial charge in [-0.25, -0.2) is 4.98 Å². The molecule has 4 nitrogen and oxygen atoms in total. The topological polar surface area (TPSA) is 52.1 Å². The lowest BCUT2D eigenvalue weighted by molar-refractivity contribution is -0.274. The van der Waals surface area contributed by atoms with Crippen LogP contribution in [0.1, 0.15) is 21.7 Å². The van der Waals surface area contributed by atoms with Gasteiger partial charge in [-0.2, -0.15) is 0 Å². The number of carbonyl (C=O) groups is 1. The quantitative estimate of drug-likeness (QED) is 0.812. The van der Waals surface area contributed by atoms with E-state index < -0.39 is 17.9 Å². The van der Waals surface area contributed by atoms with Crippen LogP contribution in [0.5, 0.6) is 5.75 Å². The van der Waals surface area contributed by atoms with E-state index in [2.05, 4.69) is 14.7 Å². The van der Waals surface area contributed by atoms with Crippen molar-refractivity contribution in [3.8, 4) is 5.75 Å². The fourth-order valence-electron chi connectivity index (χ4n) is 1.49. The van der Waals surface area contributed by atoms with Gasteiger partial charge in [0.1, 0.15) is 11.4 Å². The summed E-state index contributed by atoms with van der Waals surface area (Å²) in [4.78, 5) is 19.8. The SMILES string of the molecule is Cc1cnc(C(=O)c2cccc(OC(F)(F)F)c2)cn1. The molecular weight excluding hydrogens is 273 g/mol. The maximum Gasteiger partial charge on any atom is 0.573 e. The average molecular weight is 282 g/mol. The fraction of sp³-hybridized carbons (Fsp3) is 0.154. The molecule has 0 fully saturated rings. The second-order valence-corrected chi connectivity index (χ2v) is 3.95. The molecule has 2 aromatic rings. The van der Waals surface area contributed by atoms with Gasteiger partial charge in [-0.1, -0.05) is 12.1 Å². The number of hydrogen-bond donors (Lipinski definition) is 0. The van der Waals surface area contributed by atoms with Crippen molar-refractivity contribution < 1.29 is 22.7 Å². The molecule has 0 aliphatic heterocycles. The number of alkyl halides is 3. The molecule has 104 valence electrons. The number of aromatic nitrogens is 2. The van der Waals surface area contributed by atoms with Crippen molar-refractivity contribution >= 4 is 5.78 Å². The third-order valence-corrected chi connectivity index (χ3v) is 2.34. The summed E-state index contributed by atoms with van der Waals surface area (Å²) in [6.07, 6.45) is -2.12. The van der Waals surface area contributed by atoms with Gasteiger partial charge in [-0.05, 0) is 19.1 Å². The summed E-state index contributed by atoms with van der Waals surface area (Å²) in [6, 6.07) is 4.81. The van der Waals surface area contributed by atoms with Gasteiger partial charge in [0.25, 0.3) is 0 Å². The Morgan fingerprint density at radius 2 is 1.95 bits per heavy atom. The number of hydrogen-bond acceptors (Lipinski definition) is 4. The number of benzene rings is 1. The Bertz CT molecular complexity index is 624. The highest BCUT2D eigenvalue weighted by Gasteiger charge is 2.31. The molecule has 2 rings (SSSR count). The largest absolute Gasteiger partial charge is 0.573 e. The minimum Gasteiger partial charge on any atom is -0.406 e. The maximum absolute atomic E-state index is 12.1. The zero-order valence-electron chi connectivity index (χ0n) is 10.3. The first-order chi connectivity index (χ1) is 9.35. The highest BCUT2D eigenvalue weighted by molar-refractivity contribution is 6.07. The summed E-state index contributed by atoms with van der Waals surface area (Å²) in [5.41, 5.74) is 0.736. The summed E-state index contributed by atoms with van der Waals surface area (Å²) in [7, 11) is 0. The van der Waals surface area contributed by atoms with Crippen LogP contribution in [0.25, 0.3) is 0 Å². The number of aryl methyl sites for hydroxylation is 1. The van der Waals surface area contributed by atoms with Crippen LogP contribution in [0.2, 0.25) is 0 Å². The van der Waals surface area contributed by atoms with E-state index >= 15 is 0 Å². The Morgan fingerprint density at radius 3 is 2.55 bits per heavy atom. The van der Waals surface area contributed by atoms with Crippen LogP contribution in [0, 0.1) is 6.92 Å². The molecule has 1 aromatic carbocycles. The lowest BCUT2D eigenvalue weighted by Gasteiger charge is -2.09. The third-order valence-electron chi connectivity index (χ3n) is 2.34. The minimum atomic E-state index is -4.80. The van der Waals surface area contributed by atoms with E-state index in [-0.39, 0.29) is 11.3 Å². The van der Waals surface area contributed by atoms with Crippen molar-refractivity contribution in [3.05, 3.63) is 53.6 Å². The standard InChI is InChI=1S/C13H9F3N2O2/c1-8-6-18-11(7-17-8)12(19)9-3-2-4-10(5-9)20-13(14,15)16/h2-7H,1H3. The van der Waals surface area contributed by atoms with Crippen LogP contribution in [0.3, 0.4) is 0 Å². The van der Waals surface area contributed by atoms with Crippen LogP contribution in [-0.2, 0) is 0 Å². The molecule has 0 amide bonds. The van der Waals surface area contributed by atoms with Crippen LogP contribution < -0.4 is 4.74 Å². The van der Waals surface area contributed by atoms with Crippen molar-refractivity contribution in [2.45, 2.75) is 13.3 Å². The van der Waals surface area contributed by atoms with Crippen molar-refractivity contribution in [1.29, 1.82) is 0 Å². The molecule has 0 unspecified atom stereocenters. The molecule has 0 atom stereocenters. The van der Waals surface area contributed by atoms with Gasteiger partial charge in [-0.15, -0.1) is 13.2 Å². The van der Waals surface area contributed by atoms with E-state index in [0.717, 1.165) is 12.1 Å². The molecule has 0 spiro atoms. The van der Waals surface area contributed by atoms with E-state index in [1.165, 1.54) is 24.5 Å². The Kier molecular flexibility index (Phi) is 3.69. The van der Waals surface area contributed by atoms with Crippen LogP contribution in [-0.4, -0.2) is 22.1 Å². The smallest absolute Gasteiger partial charge is 0.406 e. The molecule has 1 aromatic heterocycles. The molecule has 0 saturated carbocycles. The number of carbonyl (C=O) groups excluding carboxylic acids is 1. The second kappa shape index (κ2) is 5.28.